The van der Waals surface area contributed by atoms with E-state index in [1.54, 1.807) is 30.4 Å². The summed E-state index contributed by atoms with van der Waals surface area (Å²) in [6, 6.07) is 3.52. The monoisotopic (exact) mass is 284 g/mol. The number of hydrogen-bond donors (Lipinski definition) is 2. The van der Waals surface area contributed by atoms with Gasteiger partial charge >= 0.3 is 5.97 Å². The lowest BCUT2D eigenvalue weighted by molar-refractivity contribution is -0.137. The van der Waals surface area contributed by atoms with Crippen LogP contribution in [0.25, 0.3) is 0 Å². The molecule has 0 spiro atoms. The SMILES string of the molecule is COCCN(CCC(=O)O)CC(=O)NCc1ccco1. The molecule has 1 rings (SSSR count). The van der Waals surface area contributed by atoms with E-state index < -0.39 is 5.97 Å². The molecule has 7 heteroatoms. The Morgan fingerprint density at radius 2 is 2.25 bits per heavy atom. The predicted octanol–water partition coefficient (Wildman–Crippen LogP) is 0.319. The molecule has 0 bridgehead atoms. The van der Waals surface area contributed by atoms with Crippen molar-refractivity contribution < 1.29 is 23.8 Å². The van der Waals surface area contributed by atoms with E-state index in [4.69, 9.17) is 14.3 Å². The first-order valence-electron chi connectivity index (χ1n) is 6.34. The molecule has 0 aliphatic rings. The standard InChI is InChI=1S/C13H20N2O5/c1-19-8-6-15(5-4-13(17)18)10-12(16)14-9-11-3-2-7-20-11/h2-3,7H,4-6,8-10H2,1H3,(H,14,16)(H,17,18). The number of carbonyl (C=O) groups excluding carboxylic acids is 1. The number of methoxy groups -OCH3 is 1. The van der Waals surface area contributed by atoms with Crippen LogP contribution in [0.4, 0.5) is 0 Å². The zero-order chi connectivity index (χ0) is 14.8. The molecule has 0 aliphatic heterocycles. The molecular formula is C13H20N2O5. The number of aliphatic carboxylic acids is 1. The maximum Gasteiger partial charge on any atom is 0.304 e. The van der Waals surface area contributed by atoms with E-state index >= 15 is 0 Å². The van der Waals surface area contributed by atoms with Crippen molar-refractivity contribution in [3.63, 3.8) is 0 Å². The summed E-state index contributed by atoms with van der Waals surface area (Å²) in [7, 11) is 1.56. The van der Waals surface area contributed by atoms with Gasteiger partial charge in [0.05, 0.1) is 32.4 Å². The average Bonchev–Trinajstić information content (AvgIpc) is 2.92. The van der Waals surface area contributed by atoms with Gasteiger partial charge in [0.1, 0.15) is 5.76 Å². The van der Waals surface area contributed by atoms with E-state index in [-0.39, 0.29) is 18.9 Å². The Morgan fingerprint density at radius 1 is 1.45 bits per heavy atom. The minimum absolute atomic E-state index is 0.00478. The Kier molecular flexibility index (Phi) is 7.38. The van der Waals surface area contributed by atoms with Crippen LogP contribution in [-0.2, 0) is 20.9 Å². The van der Waals surface area contributed by atoms with E-state index in [0.717, 1.165) is 0 Å². The third-order valence-corrected chi connectivity index (χ3v) is 2.66. The van der Waals surface area contributed by atoms with Gasteiger partial charge in [0.25, 0.3) is 0 Å². The first-order valence-corrected chi connectivity index (χ1v) is 6.34. The van der Waals surface area contributed by atoms with Crippen LogP contribution >= 0.6 is 0 Å². The highest BCUT2D eigenvalue weighted by molar-refractivity contribution is 5.78. The Hall–Kier alpha value is -1.86. The van der Waals surface area contributed by atoms with Crippen molar-refractivity contribution in [3.8, 4) is 0 Å². The molecule has 20 heavy (non-hydrogen) atoms. The zero-order valence-corrected chi connectivity index (χ0v) is 11.5. The summed E-state index contributed by atoms with van der Waals surface area (Å²) in [4.78, 5) is 24.1. The van der Waals surface area contributed by atoms with Crippen molar-refractivity contribution in [2.45, 2.75) is 13.0 Å². The Balaban J connectivity index is 2.33. The number of carboxylic acids is 1. The van der Waals surface area contributed by atoms with Gasteiger partial charge in [-0.2, -0.15) is 0 Å². The smallest absolute Gasteiger partial charge is 0.304 e. The first-order chi connectivity index (χ1) is 9.61. The third kappa shape index (κ3) is 6.91. The van der Waals surface area contributed by atoms with E-state index in [0.29, 0.717) is 32.0 Å². The van der Waals surface area contributed by atoms with E-state index in [1.807, 2.05) is 0 Å². The largest absolute Gasteiger partial charge is 0.481 e. The van der Waals surface area contributed by atoms with Crippen molar-refractivity contribution in [2.24, 2.45) is 0 Å². The molecule has 0 radical (unpaired) electrons. The van der Waals surface area contributed by atoms with E-state index in [1.165, 1.54) is 0 Å². The van der Waals surface area contributed by atoms with Crippen LogP contribution < -0.4 is 5.32 Å². The third-order valence-electron chi connectivity index (χ3n) is 2.66. The van der Waals surface area contributed by atoms with Gasteiger partial charge in [-0.15, -0.1) is 0 Å². The molecule has 0 fully saturated rings. The highest BCUT2D eigenvalue weighted by Crippen LogP contribution is 1.99. The number of rotatable bonds is 10. The van der Waals surface area contributed by atoms with Crippen LogP contribution in [0, 0.1) is 0 Å². The molecule has 0 aromatic carbocycles. The predicted molar refractivity (Wildman–Crippen MR) is 71.1 cm³/mol. The van der Waals surface area contributed by atoms with Gasteiger partial charge in [-0.25, -0.2) is 0 Å². The molecule has 1 heterocycles. The van der Waals surface area contributed by atoms with Crippen molar-refractivity contribution in [2.75, 3.05) is 33.4 Å². The first kappa shape index (κ1) is 16.2. The summed E-state index contributed by atoms with van der Waals surface area (Å²) in [5, 5.41) is 11.4. The lowest BCUT2D eigenvalue weighted by Crippen LogP contribution is -2.39. The fraction of sp³-hybridized carbons (Fsp3) is 0.538. The van der Waals surface area contributed by atoms with Gasteiger partial charge in [0.15, 0.2) is 0 Å². The topological polar surface area (TPSA) is 92.0 Å². The molecule has 0 unspecified atom stereocenters. The van der Waals surface area contributed by atoms with Gasteiger partial charge in [-0.3, -0.25) is 14.5 Å². The van der Waals surface area contributed by atoms with Gasteiger partial charge in [0, 0.05) is 20.2 Å². The van der Waals surface area contributed by atoms with Crippen molar-refractivity contribution in [1.29, 1.82) is 0 Å². The summed E-state index contributed by atoms with van der Waals surface area (Å²) < 4.78 is 10.1. The van der Waals surface area contributed by atoms with Crippen LogP contribution in [0.15, 0.2) is 22.8 Å². The molecule has 1 amide bonds. The number of ether oxygens (including phenoxy) is 1. The molecule has 0 aliphatic carbocycles. The molecule has 1 aromatic rings. The van der Waals surface area contributed by atoms with Crippen LogP contribution in [0.3, 0.4) is 0 Å². The Bertz CT molecular complexity index is 405. The van der Waals surface area contributed by atoms with E-state index in [9.17, 15) is 9.59 Å². The number of nitrogens with zero attached hydrogens (tertiary/aromatic N) is 1. The fourth-order valence-electron chi connectivity index (χ4n) is 1.60. The summed E-state index contributed by atoms with van der Waals surface area (Å²) in [5.74, 6) is -0.390. The van der Waals surface area contributed by atoms with Crippen molar-refractivity contribution in [3.05, 3.63) is 24.2 Å². The summed E-state index contributed by atoms with van der Waals surface area (Å²) in [6.07, 6.45) is 1.54. The summed E-state index contributed by atoms with van der Waals surface area (Å²) in [5.41, 5.74) is 0. The maximum absolute atomic E-state index is 11.8. The lowest BCUT2D eigenvalue weighted by atomic mass is 10.3. The molecular weight excluding hydrogens is 264 g/mol. The minimum Gasteiger partial charge on any atom is -0.481 e. The Morgan fingerprint density at radius 3 is 2.85 bits per heavy atom. The van der Waals surface area contributed by atoms with Crippen molar-refractivity contribution >= 4 is 11.9 Å². The number of nitrogens with one attached hydrogen (secondary N) is 1. The minimum atomic E-state index is -0.886. The molecule has 0 atom stereocenters. The summed E-state index contributed by atoms with van der Waals surface area (Å²) >= 11 is 0. The van der Waals surface area contributed by atoms with Crippen LogP contribution in [0.5, 0.6) is 0 Å². The number of carboxylic acid groups (broad SMARTS) is 1. The van der Waals surface area contributed by atoms with Crippen molar-refractivity contribution in [1.82, 2.24) is 10.2 Å². The normalized spacial score (nSPS) is 10.7. The molecule has 112 valence electrons. The average molecular weight is 284 g/mol. The maximum atomic E-state index is 11.8. The number of furan rings is 1. The summed E-state index contributed by atoms with van der Waals surface area (Å²) in [6.45, 7) is 1.73. The zero-order valence-electron chi connectivity index (χ0n) is 11.5. The highest BCUT2D eigenvalue weighted by atomic mass is 16.5. The molecule has 7 nitrogen and oxygen atoms in total. The van der Waals surface area contributed by atoms with E-state index in [2.05, 4.69) is 5.32 Å². The van der Waals surface area contributed by atoms with Crippen LogP contribution in [0.1, 0.15) is 12.2 Å². The molecule has 0 saturated heterocycles. The van der Waals surface area contributed by atoms with Gasteiger partial charge in [0.2, 0.25) is 5.91 Å². The van der Waals surface area contributed by atoms with Gasteiger partial charge < -0.3 is 19.6 Å². The molecule has 0 saturated carbocycles. The van der Waals surface area contributed by atoms with Gasteiger partial charge in [-0.05, 0) is 12.1 Å². The molecule has 1 aromatic heterocycles. The Labute approximate surface area is 117 Å². The van der Waals surface area contributed by atoms with Crippen LogP contribution in [-0.4, -0.2) is 55.2 Å². The lowest BCUT2D eigenvalue weighted by Gasteiger charge is -2.20. The number of hydrogen-bond acceptors (Lipinski definition) is 5. The quantitative estimate of drug-likeness (QED) is 0.643. The van der Waals surface area contributed by atoms with Gasteiger partial charge in [-0.1, -0.05) is 0 Å². The second kappa shape index (κ2) is 9.11. The molecule has 2 N–H and O–H groups in total. The van der Waals surface area contributed by atoms with Crippen LogP contribution in [0.2, 0.25) is 0 Å². The highest BCUT2D eigenvalue weighted by Gasteiger charge is 2.12. The second-order valence-corrected chi connectivity index (χ2v) is 4.27. The number of amides is 1. The number of carbonyl (C=O) groups is 2. The fourth-order valence-corrected chi connectivity index (χ4v) is 1.60. The second-order valence-electron chi connectivity index (χ2n) is 4.27.